The summed E-state index contributed by atoms with van der Waals surface area (Å²) in [5, 5.41) is 0.937. The topological polar surface area (TPSA) is 66.0 Å². The zero-order valence-corrected chi connectivity index (χ0v) is 17.6. The number of aryl methyl sites for hydroxylation is 1. The van der Waals surface area contributed by atoms with Crippen LogP contribution in [0, 0.1) is 6.92 Å². The summed E-state index contributed by atoms with van der Waals surface area (Å²) in [6.45, 7) is 5.44. The largest absolute Gasteiger partial charge is 0.496 e. The van der Waals surface area contributed by atoms with E-state index in [0.29, 0.717) is 35.8 Å². The van der Waals surface area contributed by atoms with Crippen molar-refractivity contribution in [3.63, 3.8) is 0 Å². The molecule has 0 spiro atoms. The second-order valence-corrected chi connectivity index (χ2v) is 8.07. The number of rotatable bonds is 5. The number of thiazole rings is 1. The number of carbonyl (C=O) groups is 2. The van der Waals surface area contributed by atoms with Gasteiger partial charge in [0.05, 0.1) is 24.9 Å². The summed E-state index contributed by atoms with van der Waals surface area (Å²) in [4.78, 5) is 36.0. The highest BCUT2D eigenvalue weighted by atomic mass is 32.1. The molecule has 1 aromatic heterocycles. The van der Waals surface area contributed by atoms with Crippen molar-refractivity contribution in [2.45, 2.75) is 13.5 Å². The Kier molecular flexibility index (Phi) is 6.31. The Labute approximate surface area is 169 Å². The highest BCUT2D eigenvalue weighted by Crippen LogP contribution is 2.23. The molecule has 0 aliphatic carbocycles. The second kappa shape index (κ2) is 8.70. The van der Waals surface area contributed by atoms with Crippen molar-refractivity contribution in [1.82, 2.24) is 19.7 Å². The van der Waals surface area contributed by atoms with E-state index in [1.54, 1.807) is 38.2 Å². The van der Waals surface area contributed by atoms with Crippen LogP contribution in [0.3, 0.4) is 0 Å². The molecule has 150 valence electrons. The average molecular weight is 403 g/mol. The van der Waals surface area contributed by atoms with Crippen molar-refractivity contribution >= 4 is 23.2 Å². The Morgan fingerprint density at radius 2 is 1.86 bits per heavy atom. The maximum Gasteiger partial charge on any atom is 0.265 e. The maximum atomic E-state index is 12.8. The molecule has 0 atom stereocenters. The number of benzene rings is 1. The van der Waals surface area contributed by atoms with Crippen LogP contribution in [0.25, 0.3) is 0 Å². The fourth-order valence-corrected chi connectivity index (χ4v) is 4.34. The smallest absolute Gasteiger partial charge is 0.265 e. The third kappa shape index (κ3) is 4.34. The highest BCUT2D eigenvalue weighted by molar-refractivity contribution is 7.13. The number of hydrogen-bond acceptors (Lipinski definition) is 6. The van der Waals surface area contributed by atoms with E-state index >= 15 is 0 Å². The van der Waals surface area contributed by atoms with Gasteiger partial charge < -0.3 is 14.5 Å². The number of aromatic nitrogens is 1. The Balaban J connectivity index is 1.59. The van der Waals surface area contributed by atoms with Gasteiger partial charge in [-0.25, -0.2) is 4.98 Å². The van der Waals surface area contributed by atoms with Crippen molar-refractivity contribution in [1.29, 1.82) is 0 Å². The third-order valence-corrected chi connectivity index (χ3v) is 5.93. The zero-order chi connectivity index (χ0) is 20.3. The van der Waals surface area contributed by atoms with Crippen LogP contribution in [0.1, 0.15) is 30.7 Å². The van der Waals surface area contributed by atoms with Gasteiger partial charge in [0.25, 0.3) is 11.8 Å². The molecule has 1 aromatic carbocycles. The molecule has 1 aliphatic heterocycles. The molecule has 0 saturated carbocycles. The van der Waals surface area contributed by atoms with E-state index in [2.05, 4.69) is 9.88 Å². The van der Waals surface area contributed by atoms with Crippen LogP contribution in [0.2, 0.25) is 0 Å². The minimum atomic E-state index is -0.00604. The number of piperazine rings is 1. The summed E-state index contributed by atoms with van der Waals surface area (Å²) < 4.78 is 5.31. The number of nitrogens with zero attached hydrogens (tertiary/aromatic N) is 4. The summed E-state index contributed by atoms with van der Waals surface area (Å²) in [5.74, 6) is 0.598. The molecule has 28 heavy (non-hydrogen) atoms. The van der Waals surface area contributed by atoms with E-state index in [0.717, 1.165) is 23.8 Å². The first-order valence-corrected chi connectivity index (χ1v) is 10.0. The summed E-state index contributed by atoms with van der Waals surface area (Å²) in [7, 11) is 5.08. The van der Waals surface area contributed by atoms with Crippen molar-refractivity contribution in [3.8, 4) is 5.75 Å². The molecule has 1 aliphatic rings. The molecule has 2 amide bonds. The Bertz CT molecular complexity index is 857. The number of methoxy groups -OCH3 is 1. The lowest BCUT2D eigenvalue weighted by Gasteiger charge is -2.34. The van der Waals surface area contributed by atoms with E-state index < -0.39 is 0 Å². The number of hydrogen-bond donors (Lipinski definition) is 0. The molecule has 1 saturated heterocycles. The predicted molar refractivity (Wildman–Crippen MR) is 109 cm³/mol. The SMILES string of the molecule is COc1ccccc1C(=O)N1CCN(Cc2nc(C)c(C(=O)N(C)C)s2)CC1. The van der Waals surface area contributed by atoms with E-state index in [1.807, 2.05) is 24.0 Å². The minimum absolute atomic E-state index is 0.000981. The third-order valence-electron chi connectivity index (χ3n) is 4.80. The van der Waals surface area contributed by atoms with Crippen LogP contribution < -0.4 is 4.74 Å². The van der Waals surface area contributed by atoms with Gasteiger partial charge in [0, 0.05) is 40.3 Å². The molecule has 2 aromatic rings. The molecular formula is C20H26N4O3S. The van der Waals surface area contributed by atoms with E-state index in [9.17, 15) is 9.59 Å². The van der Waals surface area contributed by atoms with Gasteiger partial charge in [0.2, 0.25) is 0 Å². The van der Waals surface area contributed by atoms with Crippen molar-refractivity contribution in [3.05, 3.63) is 45.4 Å². The Morgan fingerprint density at radius 1 is 1.18 bits per heavy atom. The fourth-order valence-electron chi connectivity index (χ4n) is 3.21. The van der Waals surface area contributed by atoms with Crippen LogP contribution >= 0.6 is 11.3 Å². The van der Waals surface area contributed by atoms with Crippen molar-refractivity contribution < 1.29 is 14.3 Å². The van der Waals surface area contributed by atoms with Crippen molar-refractivity contribution in [2.24, 2.45) is 0 Å². The molecule has 8 heteroatoms. The normalized spacial score (nSPS) is 14.8. The second-order valence-electron chi connectivity index (χ2n) is 6.99. The number of ether oxygens (including phenoxy) is 1. The van der Waals surface area contributed by atoms with E-state index in [-0.39, 0.29) is 11.8 Å². The van der Waals surface area contributed by atoms with Gasteiger partial charge in [-0.3, -0.25) is 14.5 Å². The summed E-state index contributed by atoms with van der Waals surface area (Å²) in [6, 6.07) is 7.32. The molecule has 0 unspecified atom stereocenters. The molecule has 0 bridgehead atoms. The summed E-state index contributed by atoms with van der Waals surface area (Å²) >= 11 is 1.46. The summed E-state index contributed by atoms with van der Waals surface area (Å²) in [6.07, 6.45) is 0. The molecule has 7 nitrogen and oxygen atoms in total. The maximum absolute atomic E-state index is 12.8. The van der Waals surface area contributed by atoms with Gasteiger partial charge >= 0.3 is 0 Å². The van der Waals surface area contributed by atoms with Crippen LogP contribution in [-0.2, 0) is 6.54 Å². The van der Waals surface area contributed by atoms with E-state index in [1.165, 1.54) is 11.3 Å². The standard InChI is InChI=1S/C20H26N4O3S/c1-14-18(20(26)22(2)3)28-17(21-14)13-23-9-11-24(12-10-23)19(25)15-7-5-6-8-16(15)27-4/h5-8H,9-13H2,1-4H3. The molecule has 0 N–H and O–H groups in total. The highest BCUT2D eigenvalue weighted by Gasteiger charge is 2.25. The first-order valence-electron chi connectivity index (χ1n) is 9.23. The Hall–Kier alpha value is -2.45. The lowest BCUT2D eigenvalue weighted by molar-refractivity contribution is 0.0625. The van der Waals surface area contributed by atoms with Gasteiger partial charge in [-0.15, -0.1) is 11.3 Å². The Morgan fingerprint density at radius 3 is 2.50 bits per heavy atom. The van der Waals surface area contributed by atoms with Crippen LogP contribution in [0.5, 0.6) is 5.75 Å². The van der Waals surface area contributed by atoms with Gasteiger partial charge in [0.15, 0.2) is 0 Å². The van der Waals surface area contributed by atoms with Gasteiger partial charge in [-0.05, 0) is 19.1 Å². The van der Waals surface area contributed by atoms with Gasteiger partial charge in [-0.2, -0.15) is 0 Å². The molecule has 2 heterocycles. The predicted octanol–water partition coefficient (Wildman–Crippen LogP) is 2.12. The average Bonchev–Trinajstić information content (AvgIpc) is 3.07. The quantitative estimate of drug-likeness (QED) is 0.767. The van der Waals surface area contributed by atoms with Crippen molar-refractivity contribution in [2.75, 3.05) is 47.4 Å². The molecule has 0 radical (unpaired) electrons. The molecule has 3 rings (SSSR count). The number of para-hydroxylation sites is 1. The van der Waals surface area contributed by atoms with Crippen LogP contribution in [0.4, 0.5) is 0 Å². The first kappa shape index (κ1) is 20.3. The lowest BCUT2D eigenvalue weighted by atomic mass is 10.1. The van der Waals surface area contributed by atoms with Gasteiger partial charge in [0.1, 0.15) is 15.6 Å². The molecular weight excluding hydrogens is 376 g/mol. The van der Waals surface area contributed by atoms with Gasteiger partial charge in [-0.1, -0.05) is 12.1 Å². The monoisotopic (exact) mass is 402 g/mol. The summed E-state index contributed by atoms with van der Waals surface area (Å²) in [5.41, 5.74) is 1.38. The van der Waals surface area contributed by atoms with Crippen LogP contribution in [0.15, 0.2) is 24.3 Å². The van der Waals surface area contributed by atoms with E-state index in [4.69, 9.17) is 4.74 Å². The zero-order valence-electron chi connectivity index (χ0n) is 16.8. The van der Waals surface area contributed by atoms with Crippen LogP contribution in [-0.4, -0.2) is 78.9 Å². The number of amides is 2. The lowest BCUT2D eigenvalue weighted by Crippen LogP contribution is -2.48. The minimum Gasteiger partial charge on any atom is -0.496 e. The number of carbonyl (C=O) groups excluding carboxylic acids is 2. The fraction of sp³-hybridized carbons (Fsp3) is 0.450. The first-order chi connectivity index (χ1) is 13.4. The molecule has 1 fully saturated rings.